The van der Waals surface area contributed by atoms with E-state index in [1.165, 1.54) is 11.1 Å². The van der Waals surface area contributed by atoms with Crippen LogP contribution in [0.15, 0.2) is 24.3 Å². The maximum Gasteiger partial charge on any atom is 0.0561 e. The Morgan fingerprint density at radius 3 is 2.06 bits per heavy atom. The van der Waals surface area contributed by atoms with Gasteiger partial charge in [0.05, 0.1) is 6.10 Å². The van der Waals surface area contributed by atoms with Crippen molar-refractivity contribution in [3.8, 4) is 0 Å². The molecule has 3 heteroatoms. The van der Waals surface area contributed by atoms with E-state index in [9.17, 15) is 0 Å². The van der Waals surface area contributed by atoms with E-state index in [2.05, 4.69) is 43.5 Å². The second-order valence-corrected chi connectivity index (χ2v) is 4.82. The highest BCUT2D eigenvalue weighted by molar-refractivity contribution is 5.26. The first-order valence-corrected chi connectivity index (χ1v) is 6.17. The van der Waals surface area contributed by atoms with E-state index in [1.54, 1.807) is 7.11 Å². The molecule has 1 aromatic carbocycles. The van der Waals surface area contributed by atoms with Gasteiger partial charge in [-0.2, -0.15) is 0 Å². The van der Waals surface area contributed by atoms with Gasteiger partial charge in [-0.15, -0.1) is 0 Å². The van der Waals surface area contributed by atoms with Crippen LogP contribution in [0.2, 0.25) is 0 Å². The first-order chi connectivity index (χ1) is 8.08. The lowest BCUT2D eigenvalue weighted by molar-refractivity contribution is 0.100. The molecule has 0 aliphatic rings. The lowest BCUT2D eigenvalue weighted by Crippen LogP contribution is -2.30. The second kappa shape index (κ2) is 6.74. The zero-order valence-corrected chi connectivity index (χ0v) is 11.2. The van der Waals surface area contributed by atoms with Crippen molar-refractivity contribution in [1.82, 2.24) is 5.43 Å². The molecule has 0 fully saturated rings. The number of rotatable bonds is 6. The summed E-state index contributed by atoms with van der Waals surface area (Å²) in [5.41, 5.74) is 5.41. The molecule has 0 spiro atoms. The highest BCUT2D eigenvalue weighted by Gasteiger charge is 2.13. The monoisotopic (exact) mass is 236 g/mol. The molecule has 1 rings (SSSR count). The molecule has 0 bridgehead atoms. The summed E-state index contributed by atoms with van der Waals surface area (Å²) in [6, 6.07) is 8.76. The van der Waals surface area contributed by atoms with Crippen LogP contribution in [0, 0.1) is 0 Å². The molecular formula is C14H24N2O. The molecule has 1 aromatic rings. The Bertz CT molecular complexity index is 321. The van der Waals surface area contributed by atoms with Crippen LogP contribution in [0.4, 0.5) is 0 Å². The first kappa shape index (κ1) is 14.2. The lowest BCUT2D eigenvalue weighted by atomic mass is 9.97. The largest absolute Gasteiger partial charge is 0.382 e. The van der Waals surface area contributed by atoms with Gasteiger partial charge in [-0.3, -0.25) is 11.3 Å². The van der Waals surface area contributed by atoms with Crippen molar-refractivity contribution in [3.05, 3.63) is 35.4 Å². The molecular weight excluding hydrogens is 212 g/mol. The molecule has 2 atom stereocenters. The summed E-state index contributed by atoms with van der Waals surface area (Å²) in [7, 11) is 1.72. The van der Waals surface area contributed by atoms with Gasteiger partial charge in [-0.1, -0.05) is 38.1 Å². The standard InChI is InChI=1S/C14H24N2O/c1-10(2)12-5-7-13(8-6-12)14(16-15)9-11(3)17-4/h5-8,10-11,14,16H,9,15H2,1-4H3. The number of ether oxygens (including phenoxy) is 1. The van der Waals surface area contributed by atoms with E-state index in [0.717, 1.165) is 6.42 Å². The molecule has 0 saturated carbocycles. The van der Waals surface area contributed by atoms with Crippen LogP contribution in [0.1, 0.15) is 50.3 Å². The van der Waals surface area contributed by atoms with Gasteiger partial charge in [0.15, 0.2) is 0 Å². The molecule has 0 aromatic heterocycles. The number of hydrogen-bond acceptors (Lipinski definition) is 3. The highest BCUT2D eigenvalue weighted by atomic mass is 16.5. The second-order valence-electron chi connectivity index (χ2n) is 4.82. The molecule has 0 amide bonds. The third kappa shape index (κ3) is 4.11. The smallest absolute Gasteiger partial charge is 0.0561 e. The van der Waals surface area contributed by atoms with E-state index in [-0.39, 0.29) is 12.1 Å². The minimum atomic E-state index is 0.145. The van der Waals surface area contributed by atoms with Crippen LogP contribution < -0.4 is 11.3 Å². The van der Waals surface area contributed by atoms with E-state index < -0.39 is 0 Å². The van der Waals surface area contributed by atoms with Crippen molar-refractivity contribution < 1.29 is 4.74 Å². The van der Waals surface area contributed by atoms with Gasteiger partial charge in [-0.05, 0) is 30.4 Å². The predicted octanol–water partition coefficient (Wildman–Crippen LogP) is 2.74. The maximum absolute atomic E-state index is 5.60. The molecule has 3 nitrogen and oxygen atoms in total. The van der Waals surface area contributed by atoms with Crippen molar-refractivity contribution in [3.63, 3.8) is 0 Å². The first-order valence-electron chi connectivity index (χ1n) is 6.17. The van der Waals surface area contributed by atoms with Gasteiger partial charge in [0.25, 0.3) is 0 Å². The number of hydrogen-bond donors (Lipinski definition) is 2. The Morgan fingerprint density at radius 1 is 1.12 bits per heavy atom. The van der Waals surface area contributed by atoms with Crippen LogP contribution in [-0.4, -0.2) is 13.2 Å². The quantitative estimate of drug-likeness (QED) is 0.590. The van der Waals surface area contributed by atoms with E-state index in [0.29, 0.717) is 5.92 Å². The van der Waals surface area contributed by atoms with E-state index in [4.69, 9.17) is 10.6 Å². The van der Waals surface area contributed by atoms with Crippen molar-refractivity contribution in [2.24, 2.45) is 5.84 Å². The van der Waals surface area contributed by atoms with Crippen LogP contribution in [0.25, 0.3) is 0 Å². The SMILES string of the molecule is COC(C)CC(NN)c1ccc(C(C)C)cc1. The Morgan fingerprint density at radius 2 is 1.65 bits per heavy atom. The molecule has 0 aliphatic carbocycles. The predicted molar refractivity (Wildman–Crippen MR) is 71.7 cm³/mol. The Balaban J connectivity index is 2.75. The molecule has 96 valence electrons. The summed E-state index contributed by atoms with van der Waals surface area (Å²) in [5, 5.41) is 0. The van der Waals surface area contributed by atoms with Gasteiger partial charge in [0.2, 0.25) is 0 Å². The third-order valence-electron chi connectivity index (χ3n) is 3.18. The fourth-order valence-corrected chi connectivity index (χ4v) is 1.84. The number of nitrogens with two attached hydrogens (primary N) is 1. The summed E-state index contributed by atoms with van der Waals surface area (Å²) in [5.74, 6) is 6.16. The summed E-state index contributed by atoms with van der Waals surface area (Å²) in [6.07, 6.45) is 1.06. The fraction of sp³-hybridized carbons (Fsp3) is 0.571. The van der Waals surface area contributed by atoms with Crippen LogP contribution in [0.3, 0.4) is 0 Å². The van der Waals surface area contributed by atoms with Gasteiger partial charge in [0, 0.05) is 13.2 Å². The van der Waals surface area contributed by atoms with Crippen LogP contribution >= 0.6 is 0 Å². The number of nitrogens with one attached hydrogen (secondary N) is 1. The van der Waals surface area contributed by atoms with Gasteiger partial charge in [-0.25, -0.2) is 0 Å². The van der Waals surface area contributed by atoms with Crippen molar-refractivity contribution in [2.75, 3.05) is 7.11 Å². The summed E-state index contributed by atoms with van der Waals surface area (Å²) in [6.45, 7) is 6.44. The number of benzene rings is 1. The molecule has 3 N–H and O–H groups in total. The molecule has 0 aliphatic heterocycles. The molecule has 0 radical (unpaired) electrons. The van der Waals surface area contributed by atoms with Gasteiger partial charge >= 0.3 is 0 Å². The van der Waals surface area contributed by atoms with Crippen LogP contribution in [0.5, 0.6) is 0 Å². The van der Waals surface area contributed by atoms with Crippen LogP contribution in [-0.2, 0) is 4.74 Å². The van der Waals surface area contributed by atoms with Crippen molar-refractivity contribution >= 4 is 0 Å². The zero-order valence-electron chi connectivity index (χ0n) is 11.2. The maximum atomic E-state index is 5.60. The van der Waals surface area contributed by atoms with Gasteiger partial charge in [0.1, 0.15) is 0 Å². The van der Waals surface area contributed by atoms with Crippen molar-refractivity contribution in [1.29, 1.82) is 0 Å². The topological polar surface area (TPSA) is 47.3 Å². The highest BCUT2D eigenvalue weighted by Crippen LogP contribution is 2.21. The third-order valence-corrected chi connectivity index (χ3v) is 3.18. The average molecular weight is 236 g/mol. The Labute approximate surface area is 104 Å². The lowest BCUT2D eigenvalue weighted by Gasteiger charge is -2.20. The molecule has 0 saturated heterocycles. The molecule has 0 heterocycles. The summed E-state index contributed by atoms with van der Waals surface area (Å²) >= 11 is 0. The van der Waals surface area contributed by atoms with Gasteiger partial charge < -0.3 is 4.74 Å². The zero-order chi connectivity index (χ0) is 12.8. The van der Waals surface area contributed by atoms with Crippen molar-refractivity contribution in [2.45, 2.75) is 45.3 Å². The van der Waals surface area contributed by atoms with E-state index >= 15 is 0 Å². The Kier molecular flexibility index (Phi) is 5.62. The Hall–Kier alpha value is -0.900. The van der Waals surface area contributed by atoms with E-state index in [1.807, 2.05) is 6.92 Å². The summed E-state index contributed by atoms with van der Waals surface area (Å²) < 4.78 is 5.27. The summed E-state index contributed by atoms with van der Waals surface area (Å²) in [4.78, 5) is 0. The fourth-order valence-electron chi connectivity index (χ4n) is 1.84. The molecule has 2 unspecified atom stereocenters. The number of methoxy groups -OCH3 is 1. The number of hydrazine groups is 1. The normalized spacial score (nSPS) is 14.9. The molecule has 17 heavy (non-hydrogen) atoms. The minimum Gasteiger partial charge on any atom is -0.382 e. The average Bonchev–Trinajstić information content (AvgIpc) is 2.35. The minimum absolute atomic E-state index is 0.145.